The Kier molecular flexibility index (Phi) is 5.06. The summed E-state index contributed by atoms with van der Waals surface area (Å²) in [5.41, 5.74) is 7.93. The summed E-state index contributed by atoms with van der Waals surface area (Å²) >= 11 is 0. The first-order valence-electron chi connectivity index (χ1n) is 4.53. The predicted molar refractivity (Wildman–Crippen MR) is 54.5 cm³/mol. The lowest BCUT2D eigenvalue weighted by molar-refractivity contribution is -0.157. The van der Waals surface area contributed by atoms with E-state index in [2.05, 4.69) is 6.58 Å². The van der Waals surface area contributed by atoms with Crippen LogP contribution < -0.4 is 11.5 Å². The first-order chi connectivity index (χ1) is 7.25. The molecular weight excluding hydrogens is 219 g/mol. The van der Waals surface area contributed by atoms with Gasteiger partial charge in [0.05, 0.1) is 6.04 Å². The van der Waals surface area contributed by atoms with Crippen LogP contribution >= 0.6 is 0 Å². The third kappa shape index (κ3) is 3.28. The van der Waals surface area contributed by atoms with Gasteiger partial charge >= 0.3 is 11.9 Å². The number of hydrogen-bond acceptors (Lipinski definition) is 4. The lowest BCUT2D eigenvalue weighted by Gasteiger charge is -2.21. The third-order valence-electron chi connectivity index (χ3n) is 2.27. The molecule has 2 atom stereocenters. The molecule has 0 aromatic heterocycles. The van der Waals surface area contributed by atoms with Crippen LogP contribution in [0.25, 0.3) is 0 Å². The van der Waals surface area contributed by atoms with E-state index in [-0.39, 0.29) is 6.42 Å². The molecule has 16 heavy (non-hydrogen) atoms. The van der Waals surface area contributed by atoms with Crippen molar-refractivity contribution < 1.29 is 24.2 Å². The standard InChI is InChI=1S/C9H15FN2O4/c1-2-6(11)5(10)3-4-9(12,7(13)14)8(15)16/h2,5-6H,1,3-4,11-12H2,(H,13,14)(H,15,16). The van der Waals surface area contributed by atoms with E-state index in [4.69, 9.17) is 21.7 Å². The molecule has 0 spiro atoms. The van der Waals surface area contributed by atoms with Crippen LogP contribution in [-0.2, 0) is 9.59 Å². The number of rotatable bonds is 7. The summed E-state index contributed by atoms with van der Waals surface area (Å²) in [7, 11) is 0. The van der Waals surface area contributed by atoms with Gasteiger partial charge in [0.15, 0.2) is 0 Å². The molecule has 0 radical (unpaired) electrons. The number of carboxylic acid groups (broad SMARTS) is 2. The van der Waals surface area contributed by atoms with Crippen molar-refractivity contribution in [1.29, 1.82) is 0 Å². The van der Waals surface area contributed by atoms with Crippen LogP contribution in [0.1, 0.15) is 12.8 Å². The third-order valence-corrected chi connectivity index (χ3v) is 2.27. The maximum Gasteiger partial charge on any atom is 0.335 e. The molecule has 2 unspecified atom stereocenters. The highest BCUT2D eigenvalue weighted by atomic mass is 19.1. The molecule has 6 nitrogen and oxygen atoms in total. The molecule has 92 valence electrons. The molecular formula is C9H15FN2O4. The van der Waals surface area contributed by atoms with Gasteiger partial charge in [0.25, 0.3) is 0 Å². The molecule has 0 aromatic carbocycles. The fraction of sp³-hybridized carbons (Fsp3) is 0.556. The molecule has 0 aliphatic heterocycles. The second-order valence-electron chi connectivity index (χ2n) is 3.45. The van der Waals surface area contributed by atoms with Crippen LogP contribution in [-0.4, -0.2) is 39.9 Å². The van der Waals surface area contributed by atoms with Gasteiger partial charge in [-0.3, -0.25) is 0 Å². The molecule has 6 N–H and O–H groups in total. The molecule has 0 aromatic rings. The quantitative estimate of drug-likeness (QED) is 0.347. The summed E-state index contributed by atoms with van der Waals surface area (Å²) in [4.78, 5) is 21.3. The van der Waals surface area contributed by atoms with E-state index in [9.17, 15) is 14.0 Å². The summed E-state index contributed by atoms with van der Waals surface area (Å²) in [5.74, 6) is -3.42. The Balaban J connectivity index is 4.52. The Morgan fingerprint density at radius 3 is 2.19 bits per heavy atom. The van der Waals surface area contributed by atoms with E-state index >= 15 is 0 Å². The van der Waals surface area contributed by atoms with Gasteiger partial charge in [0.2, 0.25) is 5.54 Å². The van der Waals surface area contributed by atoms with Gasteiger partial charge in [-0.15, -0.1) is 6.58 Å². The van der Waals surface area contributed by atoms with Crippen molar-refractivity contribution >= 4 is 11.9 Å². The minimum absolute atomic E-state index is 0.359. The van der Waals surface area contributed by atoms with Crippen LogP contribution in [0, 0.1) is 0 Å². The van der Waals surface area contributed by atoms with Gasteiger partial charge in [-0.1, -0.05) is 6.08 Å². The topological polar surface area (TPSA) is 127 Å². The second-order valence-corrected chi connectivity index (χ2v) is 3.45. The lowest BCUT2D eigenvalue weighted by atomic mass is 9.92. The SMILES string of the molecule is C=CC(N)C(F)CCC(N)(C(=O)O)C(=O)O. The molecule has 0 aliphatic rings. The van der Waals surface area contributed by atoms with Gasteiger partial charge in [-0.2, -0.15) is 0 Å². The van der Waals surface area contributed by atoms with Crippen molar-refractivity contribution in [3.8, 4) is 0 Å². The first-order valence-corrected chi connectivity index (χ1v) is 4.53. The van der Waals surface area contributed by atoms with Crippen molar-refractivity contribution in [2.45, 2.75) is 30.6 Å². The van der Waals surface area contributed by atoms with Crippen LogP contribution in [0.2, 0.25) is 0 Å². The van der Waals surface area contributed by atoms with E-state index in [1.54, 1.807) is 0 Å². The number of alkyl halides is 1. The maximum absolute atomic E-state index is 13.2. The molecule has 0 amide bonds. The van der Waals surface area contributed by atoms with Gasteiger partial charge < -0.3 is 21.7 Å². The minimum atomic E-state index is -2.48. The highest BCUT2D eigenvalue weighted by Gasteiger charge is 2.42. The zero-order valence-electron chi connectivity index (χ0n) is 8.60. The number of nitrogens with two attached hydrogens (primary N) is 2. The zero-order valence-corrected chi connectivity index (χ0v) is 8.60. The van der Waals surface area contributed by atoms with Gasteiger partial charge in [-0.05, 0) is 12.8 Å². The van der Waals surface area contributed by atoms with Crippen LogP contribution in [0.3, 0.4) is 0 Å². The van der Waals surface area contributed by atoms with E-state index in [1.165, 1.54) is 0 Å². The van der Waals surface area contributed by atoms with Crippen molar-refractivity contribution in [3.63, 3.8) is 0 Å². The van der Waals surface area contributed by atoms with Crippen molar-refractivity contribution in [1.82, 2.24) is 0 Å². The molecule has 7 heteroatoms. The van der Waals surface area contributed by atoms with Crippen LogP contribution in [0.15, 0.2) is 12.7 Å². The zero-order chi connectivity index (χ0) is 12.9. The number of hydrogen-bond donors (Lipinski definition) is 4. The number of aliphatic carboxylic acids is 2. The number of carboxylic acids is 2. The molecule has 0 heterocycles. The highest BCUT2D eigenvalue weighted by molar-refractivity contribution is 6.02. The summed E-state index contributed by atoms with van der Waals surface area (Å²) in [6.45, 7) is 3.27. The van der Waals surface area contributed by atoms with Crippen molar-refractivity contribution in [2.75, 3.05) is 0 Å². The normalized spacial score (nSPS) is 15.2. The fourth-order valence-electron chi connectivity index (χ4n) is 1.01. The summed E-state index contributed by atoms with van der Waals surface area (Å²) in [6, 6.07) is -0.966. The molecule has 0 saturated carbocycles. The molecule has 0 fully saturated rings. The Bertz CT molecular complexity index is 281. The van der Waals surface area contributed by atoms with Gasteiger partial charge in [-0.25, -0.2) is 14.0 Å². The molecule has 0 rings (SSSR count). The first kappa shape index (κ1) is 14.5. The predicted octanol–water partition coefficient (Wildman–Crippen LogP) is -0.515. The highest BCUT2D eigenvalue weighted by Crippen LogP contribution is 2.16. The number of carbonyl (C=O) groups is 2. The van der Waals surface area contributed by atoms with E-state index in [0.717, 1.165) is 6.08 Å². The average Bonchev–Trinajstić information content (AvgIpc) is 2.23. The molecule has 0 saturated heterocycles. The lowest BCUT2D eigenvalue weighted by Crippen LogP contribution is -2.55. The van der Waals surface area contributed by atoms with Crippen LogP contribution in [0.5, 0.6) is 0 Å². The minimum Gasteiger partial charge on any atom is -0.479 e. The second kappa shape index (κ2) is 5.57. The van der Waals surface area contributed by atoms with Crippen molar-refractivity contribution in [3.05, 3.63) is 12.7 Å². The fourth-order valence-corrected chi connectivity index (χ4v) is 1.01. The van der Waals surface area contributed by atoms with E-state index < -0.39 is 36.1 Å². The average molecular weight is 234 g/mol. The van der Waals surface area contributed by atoms with E-state index in [1.807, 2.05) is 0 Å². The molecule has 0 bridgehead atoms. The Morgan fingerprint density at radius 2 is 1.88 bits per heavy atom. The Morgan fingerprint density at radius 1 is 1.44 bits per heavy atom. The monoisotopic (exact) mass is 234 g/mol. The van der Waals surface area contributed by atoms with Gasteiger partial charge in [0.1, 0.15) is 6.17 Å². The van der Waals surface area contributed by atoms with Crippen molar-refractivity contribution in [2.24, 2.45) is 11.5 Å². The number of halogens is 1. The Hall–Kier alpha value is -1.47. The summed E-state index contributed by atoms with van der Waals surface area (Å²) < 4.78 is 13.2. The maximum atomic E-state index is 13.2. The molecule has 0 aliphatic carbocycles. The summed E-state index contributed by atoms with van der Waals surface area (Å²) in [5, 5.41) is 17.3. The largest absolute Gasteiger partial charge is 0.479 e. The Labute approximate surface area is 91.7 Å². The van der Waals surface area contributed by atoms with E-state index in [0.29, 0.717) is 0 Å². The van der Waals surface area contributed by atoms with Gasteiger partial charge in [0, 0.05) is 0 Å². The van der Waals surface area contributed by atoms with Crippen LogP contribution in [0.4, 0.5) is 4.39 Å². The summed E-state index contributed by atoms with van der Waals surface area (Å²) in [6.07, 6.45) is -1.31. The smallest absolute Gasteiger partial charge is 0.335 e.